The van der Waals surface area contributed by atoms with Gasteiger partial charge in [0.15, 0.2) is 0 Å². The van der Waals surface area contributed by atoms with Gasteiger partial charge in [-0.25, -0.2) is 8.42 Å². The van der Waals surface area contributed by atoms with Gasteiger partial charge in [-0.15, -0.1) is 0 Å². The van der Waals surface area contributed by atoms with Crippen LogP contribution in [0.1, 0.15) is 36.2 Å². The summed E-state index contributed by atoms with van der Waals surface area (Å²) in [6.07, 6.45) is 1.62. The monoisotopic (exact) mass is 372 g/mol. The van der Waals surface area contributed by atoms with E-state index in [0.29, 0.717) is 31.0 Å². The summed E-state index contributed by atoms with van der Waals surface area (Å²) < 4.78 is 27.3. The van der Waals surface area contributed by atoms with E-state index >= 15 is 0 Å². The maximum Gasteiger partial charge on any atom is 0.264 e. The first-order valence-corrected chi connectivity index (χ1v) is 10.3. The Labute approximate surface area is 155 Å². The first-order chi connectivity index (χ1) is 12.4. The van der Waals surface area contributed by atoms with Gasteiger partial charge in [0, 0.05) is 18.7 Å². The number of anilines is 1. The van der Waals surface area contributed by atoms with Gasteiger partial charge >= 0.3 is 0 Å². The summed E-state index contributed by atoms with van der Waals surface area (Å²) in [7, 11) is -3.62. The van der Waals surface area contributed by atoms with Gasteiger partial charge in [0.25, 0.3) is 15.9 Å². The molecule has 2 aromatic rings. The summed E-state index contributed by atoms with van der Waals surface area (Å²) in [6, 6.07) is 13.7. The van der Waals surface area contributed by atoms with Gasteiger partial charge in [-0.05, 0) is 54.7 Å². The molecule has 3 rings (SSSR count). The molecule has 6 heteroatoms. The molecule has 0 bridgehead atoms. The number of hydrogen-bond acceptors (Lipinski definition) is 3. The van der Waals surface area contributed by atoms with Crippen molar-refractivity contribution < 1.29 is 13.2 Å². The van der Waals surface area contributed by atoms with Gasteiger partial charge in [0.1, 0.15) is 0 Å². The van der Waals surface area contributed by atoms with Crippen molar-refractivity contribution in [3.63, 3.8) is 0 Å². The van der Waals surface area contributed by atoms with E-state index in [1.54, 1.807) is 12.1 Å². The summed E-state index contributed by atoms with van der Waals surface area (Å²) in [6.45, 7) is 5.25. The van der Waals surface area contributed by atoms with Crippen LogP contribution in [0.2, 0.25) is 0 Å². The number of amides is 1. The average Bonchev–Trinajstić information content (AvgIpc) is 3.06. The van der Waals surface area contributed by atoms with Crippen molar-refractivity contribution in [1.29, 1.82) is 0 Å². The maximum atomic E-state index is 13.0. The second kappa shape index (κ2) is 7.50. The topological polar surface area (TPSA) is 66.5 Å². The van der Waals surface area contributed by atoms with Gasteiger partial charge < -0.3 is 5.32 Å². The quantitative estimate of drug-likeness (QED) is 0.847. The predicted octanol–water partition coefficient (Wildman–Crippen LogP) is 3.21. The number of fused-ring (bicyclic) bond motifs is 1. The molecule has 1 heterocycles. The largest absolute Gasteiger partial charge is 0.352 e. The fourth-order valence-electron chi connectivity index (χ4n) is 3.04. The fraction of sp³-hybridized carbons (Fsp3) is 0.350. The number of carbonyl (C=O) groups excluding carboxylic acids is 1. The van der Waals surface area contributed by atoms with Crippen LogP contribution in [0.3, 0.4) is 0 Å². The van der Waals surface area contributed by atoms with Crippen LogP contribution < -0.4 is 9.62 Å². The van der Waals surface area contributed by atoms with Crippen LogP contribution in [-0.2, 0) is 16.4 Å². The average molecular weight is 372 g/mol. The van der Waals surface area contributed by atoms with Crippen LogP contribution in [-0.4, -0.2) is 27.4 Å². The van der Waals surface area contributed by atoms with Crippen LogP contribution in [0, 0.1) is 5.92 Å². The number of nitrogens with one attached hydrogen (secondary N) is 1. The number of benzene rings is 2. The van der Waals surface area contributed by atoms with Gasteiger partial charge in [-0.1, -0.05) is 32.0 Å². The molecule has 1 N–H and O–H groups in total. The second-order valence-electron chi connectivity index (χ2n) is 6.92. The highest BCUT2D eigenvalue weighted by Gasteiger charge is 2.30. The summed E-state index contributed by atoms with van der Waals surface area (Å²) in [4.78, 5) is 12.3. The minimum absolute atomic E-state index is 0.180. The zero-order chi connectivity index (χ0) is 18.7. The van der Waals surface area contributed by atoms with Gasteiger partial charge in [0.05, 0.1) is 10.6 Å². The Bertz CT molecular complexity index is 890. The van der Waals surface area contributed by atoms with Crippen LogP contribution in [0.4, 0.5) is 5.69 Å². The summed E-state index contributed by atoms with van der Waals surface area (Å²) in [5.41, 5.74) is 2.25. The van der Waals surface area contributed by atoms with Crippen molar-refractivity contribution in [3.8, 4) is 0 Å². The molecule has 0 unspecified atom stereocenters. The lowest BCUT2D eigenvalue weighted by atomic mass is 10.1. The molecule has 2 aromatic carbocycles. The molecule has 138 valence electrons. The van der Waals surface area contributed by atoms with Crippen LogP contribution >= 0.6 is 0 Å². The summed E-state index contributed by atoms with van der Waals surface area (Å²) in [5.74, 6) is 0.340. The van der Waals surface area contributed by atoms with E-state index < -0.39 is 10.0 Å². The first kappa shape index (κ1) is 18.5. The fourth-order valence-corrected chi connectivity index (χ4v) is 4.54. The number of nitrogens with zero attached hydrogens (tertiary/aromatic N) is 1. The molecule has 0 radical (unpaired) electrons. The van der Waals surface area contributed by atoms with E-state index in [9.17, 15) is 13.2 Å². The van der Waals surface area contributed by atoms with E-state index in [4.69, 9.17) is 0 Å². The minimum atomic E-state index is -3.62. The SMILES string of the molecule is CC(C)CCNC(=O)c1ccc(S(=O)(=O)N2CCc3ccccc32)cc1. The van der Waals surface area contributed by atoms with Crippen molar-refractivity contribution in [2.24, 2.45) is 5.92 Å². The Morgan fingerprint density at radius 3 is 2.50 bits per heavy atom. The number of para-hydroxylation sites is 1. The molecule has 0 fully saturated rings. The molecule has 0 spiro atoms. The summed E-state index contributed by atoms with van der Waals surface area (Å²) in [5, 5.41) is 2.86. The van der Waals surface area contributed by atoms with Crippen molar-refractivity contribution in [2.75, 3.05) is 17.4 Å². The molecule has 1 aliphatic rings. The Kier molecular flexibility index (Phi) is 5.32. The Hall–Kier alpha value is -2.34. The van der Waals surface area contributed by atoms with Gasteiger partial charge in [-0.3, -0.25) is 9.10 Å². The highest BCUT2D eigenvalue weighted by atomic mass is 32.2. The van der Waals surface area contributed by atoms with Crippen molar-refractivity contribution in [1.82, 2.24) is 5.32 Å². The summed E-state index contributed by atoms with van der Waals surface area (Å²) >= 11 is 0. The third-order valence-electron chi connectivity index (χ3n) is 4.56. The standard InChI is InChI=1S/C20H24N2O3S/c1-15(2)11-13-21-20(23)17-7-9-18(10-8-17)26(24,25)22-14-12-16-5-3-4-6-19(16)22/h3-10,15H,11-14H2,1-2H3,(H,21,23). The Morgan fingerprint density at radius 2 is 1.81 bits per heavy atom. The van der Waals surface area contributed by atoms with Crippen molar-refractivity contribution in [2.45, 2.75) is 31.6 Å². The van der Waals surface area contributed by atoms with Gasteiger partial charge in [0.2, 0.25) is 0 Å². The third kappa shape index (κ3) is 3.75. The Balaban J connectivity index is 1.75. The van der Waals surface area contributed by atoms with E-state index in [1.807, 2.05) is 24.3 Å². The minimum Gasteiger partial charge on any atom is -0.352 e. The van der Waals surface area contributed by atoms with Crippen molar-refractivity contribution in [3.05, 3.63) is 59.7 Å². The van der Waals surface area contributed by atoms with E-state index in [2.05, 4.69) is 19.2 Å². The molecular weight excluding hydrogens is 348 g/mol. The number of rotatable bonds is 6. The van der Waals surface area contributed by atoms with Crippen LogP contribution in [0.15, 0.2) is 53.4 Å². The predicted molar refractivity (Wildman–Crippen MR) is 103 cm³/mol. The van der Waals surface area contributed by atoms with E-state index in [-0.39, 0.29) is 10.8 Å². The first-order valence-electron chi connectivity index (χ1n) is 8.88. The molecule has 1 aliphatic heterocycles. The number of carbonyl (C=O) groups is 1. The maximum absolute atomic E-state index is 13.0. The Morgan fingerprint density at radius 1 is 1.12 bits per heavy atom. The number of hydrogen-bond donors (Lipinski definition) is 1. The molecule has 0 saturated heterocycles. The number of sulfonamides is 1. The molecule has 5 nitrogen and oxygen atoms in total. The van der Waals surface area contributed by atoms with E-state index in [1.165, 1.54) is 16.4 Å². The van der Waals surface area contributed by atoms with Crippen molar-refractivity contribution >= 4 is 21.6 Å². The lowest BCUT2D eigenvalue weighted by molar-refractivity contribution is 0.0952. The third-order valence-corrected chi connectivity index (χ3v) is 6.38. The molecule has 1 amide bonds. The molecule has 0 aromatic heterocycles. The highest BCUT2D eigenvalue weighted by molar-refractivity contribution is 7.92. The lowest BCUT2D eigenvalue weighted by Gasteiger charge is -2.19. The highest BCUT2D eigenvalue weighted by Crippen LogP contribution is 2.32. The molecule has 0 atom stereocenters. The normalized spacial score (nSPS) is 13.7. The zero-order valence-electron chi connectivity index (χ0n) is 15.1. The molecule has 26 heavy (non-hydrogen) atoms. The zero-order valence-corrected chi connectivity index (χ0v) is 15.9. The smallest absolute Gasteiger partial charge is 0.264 e. The second-order valence-corrected chi connectivity index (χ2v) is 8.78. The van der Waals surface area contributed by atoms with Crippen LogP contribution in [0.25, 0.3) is 0 Å². The van der Waals surface area contributed by atoms with Gasteiger partial charge in [-0.2, -0.15) is 0 Å². The lowest BCUT2D eigenvalue weighted by Crippen LogP contribution is -2.29. The molecule has 0 aliphatic carbocycles. The van der Waals surface area contributed by atoms with E-state index in [0.717, 1.165) is 17.7 Å². The molecule has 0 saturated carbocycles. The van der Waals surface area contributed by atoms with Crippen LogP contribution in [0.5, 0.6) is 0 Å². The molecular formula is C20H24N2O3S.